The molecule has 2 aromatic rings. The number of aromatic amines is 1. The molecule has 1 spiro atoms. The second kappa shape index (κ2) is 5.90. The van der Waals surface area contributed by atoms with Gasteiger partial charge in [0.2, 0.25) is 5.91 Å². The Kier molecular flexibility index (Phi) is 3.58. The highest BCUT2D eigenvalue weighted by Gasteiger charge is 2.78. The lowest BCUT2D eigenvalue weighted by Crippen LogP contribution is -2.68. The van der Waals surface area contributed by atoms with Gasteiger partial charge in [-0.15, -0.1) is 0 Å². The number of carbonyl (C=O) groups is 1. The molecule has 4 nitrogen and oxygen atoms in total. The van der Waals surface area contributed by atoms with Gasteiger partial charge in [-0.05, 0) is 84.8 Å². The van der Waals surface area contributed by atoms with Crippen LogP contribution in [0, 0.1) is 22.1 Å². The molecule has 0 radical (unpaired) electrons. The highest BCUT2D eigenvalue weighted by molar-refractivity contribution is 5.91. The molecule has 2 heterocycles. The standard InChI is InChI=1S/C27H33FN2O2/c1-15(19-13-29-21-7-6-20(28)24(23(19)21)32-18-4-5-18)8-22(31)30-16-9-25(2)14-27(11-16)12-17(30)10-26(25,27)3/h6-7,13,15-18,29H,4-5,8-12,14H2,1-3H3. The number of rotatable bonds is 5. The summed E-state index contributed by atoms with van der Waals surface area (Å²) in [5.74, 6) is 0.339. The second-order valence-electron chi connectivity index (χ2n) is 12.2. The van der Waals surface area contributed by atoms with Crippen LogP contribution < -0.4 is 4.74 Å². The molecule has 1 amide bonds. The Labute approximate surface area is 188 Å². The maximum atomic E-state index is 14.7. The molecule has 1 aromatic carbocycles. The topological polar surface area (TPSA) is 45.3 Å². The van der Waals surface area contributed by atoms with Gasteiger partial charge in [0, 0.05) is 35.6 Å². The Balaban J connectivity index is 1.17. The zero-order valence-electron chi connectivity index (χ0n) is 19.3. The molecule has 170 valence electrons. The van der Waals surface area contributed by atoms with Gasteiger partial charge in [0.25, 0.3) is 0 Å². The van der Waals surface area contributed by atoms with Crippen LogP contribution in [0.4, 0.5) is 4.39 Å². The number of H-pyrrole nitrogens is 1. The highest BCUT2D eigenvalue weighted by Crippen LogP contribution is 2.83. The molecule has 1 saturated heterocycles. The van der Waals surface area contributed by atoms with Crippen LogP contribution in [0.3, 0.4) is 0 Å². The van der Waals surface area contributed by atoms with Crippen LogP contribution in [0.25, 0.3) is 10.9 Å². The summed E-state index contributed by atoms with van der Waals surface area (Å²) in [5.41, 5.74) is 3.21. The third kappa shape index (κ3) is 2.25. The Morgan fingerprint density at radius 2 is 1.97 bits per heavy atom. The van der Waals surface area contributed by atoms with Crippen molar-refractivity contribution >= 4 is 16.8 Å². The third-order valence-corrected chi connectivity index (χ3v) is 10.5. The van der Waals surface area contributed by atoms with Crippen LogP contribution in [0.2, 0.25) is 0 Å². The summed E-state index contributed by atoms with van der Waals surface area (Å²) < 4.78 is 20.7. The number of nitrogens with one attached hydrogen (secondary N) is 1. The number of hydrogen-bond donors (Lipinski definition) is 1. The number of hydrogen-bond acceptors (Lipinski definition) is 2. The van der Waals surface area contributed by atoms with Crippen molar-refractivity contribution in [1.29, 1.82) is 0 Å². The van der Waals surface area contributed by atoms with Crippen molar-refractivity contribution in [2.24, 2.45) is 16.2 Å². The minimum Gasteiger partial charge on any atom is -0.487 e. The summed E-state index contributed by atoms with van der Waals surface area (Å²) in [7, 11) is 0. The summed E-state index contributed by atoms with van der Waals surface area (Å²) in [6.45, 7) is 7.08. The van der Waals surface area contributed by atoms with E-state index in [2.05, 4.69) is 30.7 Å². The molecule has 32 heavy (non-hydrogen) atoms. The van der Waals surface area contributed by atoms with E-state index in [-0.39, 0.29) is 23.7 Å². The monoisotopic (exact) mass is 436 g/mol. The lowest BCUT2D eigenvalue weighted by atomic mass is 9.33. The molecule has 6 aliphatic rings. The second-order valence-corrected chi connectivity index (χ2v) is 12.2. The van der Waals surface area contributed by atoms with Crippen molar-refractivity contribution in [1.82, 2.24) is 9.88 Å². The number of fused-ring (bicyclic) bond motifs is 2. The van der Waals surface area contributed by atoms with Gasteiger partial charge < -0.3 is 14.6 Å². The molecule has 8 rings (SSSR count). The van der Waals surface area contributed by atoms with Crippen LogP contribution in [0.5, 0.6) is 5.75 Å². The van der Waals surface area contributed by atoms with Crippen molar-refractivity contribution in [3.05, 3.63) is 29.7 Å². The van der Waals surface area contributed by atoms with Crippen molar-refractivity contribution in [3.8, 4) is 5.75 Å². The minimum atomic E-state index is -0.311. The summed E-state index contributed by atoms with van der Waals surface area (Å²) in [6.07, 6.45) is 10.6. The number of piperidine rings is 1. The Hall–Kier alpha value is -2.04. The number of carbonyl (C=O) groups excluding carboxylic acids is 1. The number of ether oxygens (including phenoxy) is 1. The zero-order chi connectivity index (χ0) is 22.0. The summed E-state index contributed by atoms with van der Waals surface area (Å²) >= 11 is 0. The zero-order valence-corrected chi connectivity index (χ0v) is 19.3. The van der Waals surface area contributed by atoms with Crippen molar-refractivity contribution < 1.29 is 13.9 Å². The van der Waals surface area contributed by atoms with E-state index in [0.29, 0.717) is 40.5 Å². The summed E-state index contributed by atoms with van der Waals surface area (Å²) in [6, 6.07) is 4.08. The molecule has 1 N–H and O–H groups in total. The molecule has 5 saturated carbocycles. The number of nitrogens with zero attached hydrogens (tertiary/aromatic N) is 1. The third-order valence-electron chi connectivity index (χ3n) is 10.5. The Bertz CT molecular complexity index is 1150. The van der Waals surface area contributed by atoms with Gasteiger partial charge in [-0.1, -0.05) is 20.8 Å². The van der Waals surface area contributed by atoms with E-state index >= 15 is 0 Å². The quantitative estimate of drug-likeness (QED) is 0.633. The van der Waals surface area contributed by atoms with E-state index in [0.717, 1.165) is 29.3 Å². The predicted molar refractivity (Wildman–Crippen MR) is 121 cm³/mol. The molecule has 5 aliphatic carbocycles. The lowest BCUT2D eigenvalue weighted by Gasteiger charge is -2.73. The van der Waals surface area contributed by atoms with Gasteiger partial charge in [-0.3, -0.25) is 4.79 Å². The molecule has 4 bridgehead atoms. The summed E-state index contributed by atoms with van der Waals surface area (Å²) in [4.78, 5) is 19.3. The van der Waals surface area contributed by atoms with Crippen LogP contribution in [0.1, 0.15) is 83.6 Å². The number of benzene rings is 1. The Morgan fingerprint density at radius 1 is 1.22 bits per heavy atom. The van der Waals surface area contributed by atoms with Crippen LogP contribution in [-0.2, 0) is 4.79 Å². The van der Waals surface area contributed by atoms with Crippen molar-refractivity contribution in [3.63, 3.8) is 0 Å². The molecular formula is C27H33FN2O2. The number of amides is 1. The van der Waals surface area contributed by atoms with Gasteiger partial charge in [0.05, 0.1) is 6.10 Å². The minimum absolute atomic E-state index is 0.00907. The Morgan fingerprint density at radius 3 is 2.72 bits per heavy atom. The van der Waals surface area contributed by atoms with Crippen molar-refractivity contribution in [2.45, 2.75) is 96.2 Å². The first-order chi connectivity index (χ1) is 15.2. The van der Waals surface area contributed by atoms with E-state index in [4.69, 9.17) is 4.74 Å². The van der Waals surface area contributed by atoms with Gasteiger partial charge in [0.1, 0.15) is 0 Å². The number of aromatic nitrogens is 1. The number of halogens is 1. The predicted octanol–water partition coefficient (Wildman–Crippen LogP) is 5.91. The van der Waals surface area contributed by atoms with E-state index < -0.39 is 0 Å². The normalized spacial score (nSPS) is 39.9. The maximum absolute atomic E-state index is 14.7. The number of likely N-dealkylation sites (tertiary alicyclic amines) is 1. The van der Waals surface area contributed by atoms with E-state index in [1.165, 1.54) is 38.2 Å². The fraction of sp³-hybridized carbons (Fsp3) is 0.667. The average molecular weight is 437 g/mol. The molecule has 1 aliphatic heterocycles. The average Bonchev–Trinajstić information content (AvgIpc) is 3.40. The first-order valence-electron chi connectivity index (χ1n) is 12.5. The first-order valence-corrected chi connectivity index (χ1v) is 12.5. The van der Waals surface area contributed by atoms with Crippen molar-refractivity contribution in [2.75, 3.05) is 0 Å². The molecule has 6 atom stereocenters. The van der Waals surface area contributed by atoms with Gasteiger partial charge in [-0.25, -0.2) is 4.39 Å². The first kappa shape index (κ1) is 19.4. The van der Waals surface area contributed by atoms with Crippen LogP contribution >= 0.6 is 0 Å². The SMILES string of the molecule is CC(CC(=O)N1C2CC3(C)CC4(C2)CC1CC34C)c1c[nH]c2ccc(F)c(OC3CC3)c12. The molecular weight excluding hydrogens is 403 g/mol. The molecule has 5 heteroatoms. The van der Waals surface area contributed by atoms with Gasteiger partial charge in [-0.2, -0.15) is 0 Å². The lowest BCUT2D eigenvalue weighted by molar-refractivity contribution is -0.237. The van der Waals surface area contributed by atoms with Gasteiger partial charge in [0.15, 0.2) is 11.6 Å². The van der Waals surface area contributed by atoms with E-state index in [1.807, 2.05) is 6.20 Å². The smallest absolute Gasteiger partial charge is 0.223 e. The van der Waals surface area contributed by atoms with E-state index in [1.54, 1.807) is 6.07 Å². The van der Waals surface area contributed by atoms with Crippen LogP contribution in [-0.4, -0.2) is 34.0 Å². The summed E-state index contributed by atoms with van der Waals surface area (Å²) in [5, 5.41) is 0.817. The maximum Gasteiger partial charge on any atom is 0.223 e. The molecule has 6 fully saturated rings. The van der Waals surface area contributed by atoms with Crippen LogP contribution in [0.15, 0.2) is 18.3 Å². The highest BCUT2D eigenvalue weighted by atomic mass is 19.1. The van der Waals surface area contributed by atoms with Gasteiger partial charge >= 0.3 is 0 Å². The molecule has 6 unspecified atom stereocenters. The fourth-order valence-electron chi connectivity index (χ4n) is 8.77. The largest absolute Gasteiger partial charge is 0.487 e. The molecule has 1 aromatic heterocycles. The van der Waals surface area contributed by atoms with E-state index in [9.17, 15) is 9.18 Å². The fourth-order valence-corrected chi connectivity index (χ4v) is 8.77.